The molecule has 0 saturated carbocycles. The van der Waals surface area contributed by atoms with E-state index in [4.69, 9.17) is 4.57 Å². The standard InChI is InChI=1S/C36H50B2F10O3Si4/c1-17(52(5,6)7)21(23-27(39)31(43)35(47)32(44)28(23)40)25(19(3)54(11,12)13)37(49)51-38(50)26(20(4)55(14,15)16)22(18(2)53(8,9)10)24-29(41)33(45)36(48)34(46)30(24)42/h49-50H,1-16H3/b21-17-,22-18-,25-19-,26-20-. The summed E-state index contributed by atoms with van der Waals surface area (Å²) in [6.45, 7) is 26.9. The minimum atomic E-state index is -2.78. The second-order valence-corrected chi connectivity index (χ2v) is 38.8. The van der Waals surface area contributed by atoms with Crippen LogP contribution in [0.1, 0.15) is 38.8 Å². The van der Waals surface area contributed by atoms with Crippen LogP contribution in [-0.2, 0) is 4.57 Å². The molecule has 0 aliphatic carbocycles. The zero-order valence-electron chi connectivity index (χ0n) is 34.2. The number of hydrogen-bond donors (Lipinski definition) is 2. The van der Waals surface area contributed by atoms with E-state index in [1.54, 1.807) is 78.6 Å². The Morgan fingerprint density at radius 3 is 0.727 bits per heavy atom. The first-order chi connectivity index (χ1) is 24.5. The van der Waals surface area contributed by atoms with Crippen molar-refractivity contribution < 1.29 is 58.5 Å². The third-order valence-corrected chi connectivity index (χ3v) is 20.3. The van der Waals surface area contributed by atoms with Crippen LogP contribution in [0.5, 0.6) is 0 Å². The predicted molar refractivity (Wildman–Crippen MR) is 213 cm³/mol. The third kappa shape index (κ3) is 9.83. The fourth-order valence-corrected chi connectivity index (χ4v) is 9.64. The fraction of sp³-hybridized carbons (Fsp3) is 0.444. The van der Waals surface area contributed by atoms with Gasteiger partial charge in [0.25, 0.3) is 0 Å². The second-order valence-electron chi connectivity index (χ2n) is 17.8. The summed E-state index contributed by atoms with van der Waals surface area (Å²) in [5.74, 6) is -22.4. The molecule has 0 aliphatic rings. The second kappa shape index (κ2) is 16.8. The van der Waals surface area contributed by atoms with Crippen LogP contribution in [0.4, 0.5) is 43.9 Å². The van der Waals surface area contributed by atoms with E-state index in [2.05, 4.69) is 0 Å². The van der Waals surface area contributed by atoms with E-state index >= 15 is 17.6 Å². The molecule has 0 saturated heterocycles. The van der Waals surface area contributed by atoms with Crippen LogP contribution in [0.3, 0.4) is 0 Å². The summed E-state index contributed by atoms with van der Waals surface area (Å²) in [6.07, 6.45) is 0. The molecule has 0 atom stereocenters. The number of halogens is 10. The van der Waals surface area contributed by atoms with E-state index in [1.807, 2.05) is 0 Å². The Bertz CT molecular complexity index is 1810. The van der Waals surface area contributed by atoms with Crippen molar-refractivity contribution in [1.82, 2.24) is 0 Å². The normalized spacial score (nSPS) is 15.1. The summed E-state index contributed by atoms with van der Waals surface area (Å²) < 4.78 is 157. The maximum absolute atomic E-state index is 15.8. The van der Waals surface area contributed by atoms with E-state index in [-0.39, 0.29) is 20.8 Å². The van der Waals surface area contributed by atoms with Crippen LogP contribution in [0.2, 0.25) is 78.6 Å². The highest BCUT2D eigenvalue weighted by Crippen LogP contribution is 2.43. The zero-order valence-corrected chi connectivity index (χ0v) is 38.2. The first kappa shape index (κ1) is 48.7. The lowest BCUT2D eigenvalue weighted by atomic mass is 9.64. The van der Waals surface area contributed by atoms with Gasteiger partial charge in [0.15, 0.2) is 46.5 Å². The molecule has 0 fully saturated rings. The lowest BCUT2D eigenvalue weighted by molar-refractivity contribution is 0.370. The molecule has 0 aromatic heterocycles. The Hall–Kier alpha value is -2.42. The highest BCUT2D eigenvalue weighted by molar-refractivity contribution is 6.88. The van der Waals surface area contributed by atoms with Crippen molar-refractivity contribution in [2.75, 3.05) is 0 Å². The molecule has 19 heteroatoms. The Labute approximate surface area is 322 Å². The molecule has 0 radical (unpaired) electrons. The van der Waals surface area contributed by atoms with Gasteiger partial charge in [-0.25, -0.2) is 43.9 Å². The molecule has 0 bridgehead atoms. The number of allylic oxidation sites excluding steroid dienone is 8. The van der Waals surface area contributed by atoms with Crippen molar-refractivity contribution in [3.8, 4) is 0 Å². The van der Waals surface area contributed by atoms with Gasteiger partial charge in [0, 0.05) is 0 Å². The molecule has 304 valence electrons. The topological polar surface area (TPSA) is 49.7 Å². The molecule has 2 aromatic carbocycles. The smallest absolute Gasteiger partial charge is 0.443 e. The first-order valence-corrected chi connectivity index (χ1v) is 31.5. The van der Waals surface area contributed by atoms with Crippen molar-refractivity contribution in [2.24, 2.45) is 0 Å². The minimum Gasteiger partial charge on any atom is -0.443 e. The summed E-state index contributed by atoms with van der Waals surface area (Å²) in [5, 5.41) is 25.1. The maximum Gasteiger partial charge on any atom is 0.477 e. The van der Waals surface area contributed by atoms with E-state index < -0.39 is 138 Å². The van der Waals surface area contributed by atoms with E-state index in [0.29, 0.717) is 0 Å². The largest absolute Gasteiger partial charge is 0.477 e. The van der Waals surface area contributed by atoms with E-state index in [1.165, 1.54) is 27.7 Å². The molecule has 2 aromatic rings. The molecule has 0 aliphatic heterocycles. The van der Waals surface area contributed by atoms with Gasteiger partial charge in [0.1, 0.15) is 0 Å². The minimum absolute atomic E-state index is 0.186. The van der Waals surface area contributed by atoms with Crippen molar-refractivity contribution >= 4 is 57.7 Å². The molecule has 0 amide bonds. The van der Waals surface area contributed by atoms with Gasteiger partial charge in [-0.2, -0.15) is 0 Å². The van der Waals surface area contributed by atoms with Crippen molar-refractivity contribution in [2.45, 2.75) is 106 Å². The van der Waals surface area contributed by atoms with Gasteiger partial charge in [0.2, 0.25) is 11.6 Å². The maximum atomic E-state index is 15.8. The highest BCUT2D eigenvalue weighted by atomic mass is 28.3. The number of benzene rings is 2. The molecule has 0 heterocycles. The lowest BCUT2D eigenvalue weighted by Gasteiger charge is -2.33. The summed E-state index contributed by atoms with van der Waals surface area (Å²) >= 11 is 0. The summed E-state index contributed by atoms with van der Waals surface area (Å²) in [4.78, 5) is 0. The fourth-order valence-electron chi connectivity index (χ4n) is 5.51. The lowest BCUT2D eigenvalue weighted by Crippen LogP contribution is -2.40. The Morgan fingerprint density at radius 1 is 0.364 bits per heavy atom. The van der Waals surface area contributed by atoms with Crippen molar-refractivity contribution in [1.29, 1.82) is 0 Å². The van der Waals surface area contributed by atoms with Gasteiger partial charge >= 0.3 is 14.2 Å². The quantitative estimate of drug-likeness (QED) is 0.0735. The Morgan fingerprint density at radius 2 is 0.545 bits per heavy atom. The van der Waals surface area contributed by atoms with Gasteiger partial charge in [-0.3, -0.25) is 0 Å². The van der Waals surface area contributed by atoms with Crippen LogP contribution in [0.25, 0.3) is 11.1 Å². The highest BCUT2D eigenvalue weighted by Gasteiger charge is 2.44. The summed E-state index contributed by atoms with van der Waals surface area (Å²) in [7, 11) is -15.8. The zero-order chi connectivity index (χ0) is 43.4. The van der Waals surface area contributed by atoms with Gasteiger partial charge in [0.05, 0.1) is 43.4 Å². The van der Waals surface area contributed by atoms with Crippen LogP contribution in [-0.4, -0.2) is 56.6 Å². The summed E-state index contributed by atoms with van der Waals surface area (Å²) in [5.41, 5.74) is -4.54. The van der Waals surface area contributed by atoms with Crippen LogP contribution in [0.15, 0.2) is 31.7 Å². The Balaban J connectivity index is 3.29. The first-order valence-electron chi connectivity index (χ1n) is 17.5. The Kier molecular flexibility index (Phi) is 14.9. The molecule has 0 spiro atoms. The van der Waals surface area contributed by atoms with Gasteiger partial charge in [-0.15, -0.1) is 0 Å². The molecular weight excluding hydrogens is 804 g/mol. The molecule has 2 N–H and O–H groups in total. The monoisotopic (exact) mass is 854 g/mol. The average Bonchev–Trinajstić information content (AvgIpc) is 3.04. The SMILES string of the molecule is C/C(=C(B(O)OB(O)C(/C(=C(/C)[Si](C)(C)C)c1c(F)c(F)c(F)c(F)c1F)=C(/C)[Si](C)(C)C)\C(=C(\C)[Si](C)(C)C)c1c(F)c(F)c(F)c(F)c1F)[Si](C)(C)C. The molecule has 2 rings (SSSR count). The average molecular weight is 855 g/mol. The van der Waals surface area contributed by atoms with Crippen LogP contribution >= 0.6 is 0 Å². The molecule has 55 heavy (non-hydrogen) atoms. The van der Waals surface area contributed by atoms with E-state index in [0.717, 1.165) is 0 Å². The molecular formula is C36H50B2F10O3Si4. The predicted octanol–water partition coefficient (Wildman–Crippen LogP) is 11.5. The van der Waals surface area contributed by atoms with Gasteiger partial charge in [-0.1, -0.05) is 99.3 Å². The van der Waals surface area contributed by atoms with Crippen LogP contribution < -0.4 is 0 Å². The summed E-state index contributed by atoms with van der Waals surface area (Å²) in [6, 6.07) is 0. The number of hydrogen-bond acceptors (Lipinski definition) is 3. The number of rotatable bonds is 12. The third-order valence-electron chi connectivity index (χ3n) is 10.3. The van der Waals surface area contributed by atoms with Gasteiger partial charge in [-0.05, 0) is 49.8 Å². The van der Waals surface area contributed by atoms with Crippen molar-refractivity contribution in [3.05, 3.63) is 101 Å². The van der Waals surface area contributed by atoms with Crippen molar-refractivity contribution in [3.63, 3.8) is 0 Å². The van der Waals surface area contributed by atoms with E-state index in [9.17, 15) is 36.4 Å². The molecule has 3 nitrogen and oxygen atoms in total. The van der Waals surface area contributed by atoms with Crippen LogP contribution in [0, 0.1) is 58.2 Å². The van der Waals surface area contributed by atoms with Gasteiger partial charge < -0.3 is 14.6 Å². The molecule has 0 unspecified atom stereocenters.